The zero-order valence-corrected chi connectivity index (χ0v) is 17.5. The molecule has 0 saturated carbocycles. The van der Waals surface area contributed by atoms with Crippen molar-refractivity contribution in [3.63, 3.8) is 0 Å². The number of ketones is 1. The fourth-order valence-corrected chi connectivity index (χ4v) is 4.14. The molecule has 2 atom stereocenters. The van der Waals surface area contributed by atoms with Crippen LogP contribution in [0.4, 0.5) is 10.1 Å². The lowest BCUT2D eigenvalue weighted by Gasteiger charge is -2.28. The number of halogens is 1. The van der Waals surface area contributed by atoms with Gasteiger partial charge in [-0.2, -0.15) is 0 Å². The molecule has 2 heterocycles. The molecule has 1 N–H and O–H groups in total. The summed E-state index contributed by atoms with van der Waals surface area (Å²) >= 11 is 0. The highest BCUT2D eigenvalue weighted by atomic mass is 19.1. The zero-order chi connectivity index (χ0) is 22.1. The molecule has 0 radical (unpaired) electrons. The monoisotopic (exact) mass is 424 g/mol. The Morgan fingerprint density at radius 2 is 1.81 bits per heavy atom. The van der Waals surface area contributed by atoms with Crippen LogP contribution in [0, 0.1) is 5.82 Å². The highest BCUT2D eigenvalue weighted by Crippen LogP contribution is 2.40. The van der Waals surface area contributed by atoms with Gasteiger partial charge in [-0.25, -0.2) is 4.39 Å². The van der Waals surface area contributed by atoms with Gasteiger partial charge in [0.2, 0.25) is 0 Å². The highest BCUT2D eigenvalue weighted by molar-refractivity contribution is 6.46. The molecule has 0 aromatic heterocycles. The molecule has 7 heteroatoms. The Morgan fingerprint density at radius 3 is 2.39 bits per heavy atom. The molecule has 6 nitrogen and oxygen atoms in total. The average Bonchev–Trinajstić information content (AvgIpc) is 3.36. The fraction of sp³-hybridized carbons (Fsp3) is 0.333. The third-order valence-electron chi connectivity index (χ3n) is 5.81. The number of aliphatic hydroxyl groups is 1. The smallest absolute Gasteiger partial charge is 0.295 e. The number of anilines is 1. The molecule has 2 aliphatic heterocycles. The summed E-state index contributed by atoms with van der Waals surface area (Å²) in [5.74, 6) is -2.18. The molecule has 2 aromatic rings. The van der Waals surface area contributed by atoms with Crippen LogP contribution >= 0.6 is 0 Å². The minimum atomic E-state index is -0.749. The number of hydrogen-bond donors (Lipinski definition) is 1. The molecule has 0 spiro atoms. The molecule has 2 aliphatic rings. The van der Waals surface area contributed by atoms with E-state index in [4.69, 9.17) is 4.74 Å². The number of carbonyl (C=O) groups is 2. The Balaban J connectivity index is 1.80. The Bertz CT molecular complexity index is 1010. The van der Waals surface area contributed by atoms with Gasteiger partial charge in [0.15, 0.2) is 0 Å². The maximum absolute atomic E-state index is 13.4. The van der Waals surface area contributed by atoms with Crippen molar-refractivity contribution in [2.24, 2.45) is 0 Å². The van der Waals surface area contributed by atoms with Crippen LogP contribution in [0.3, 0.4) is 0 Å². The largest absolute Gasteiger partial charge is 0.507 e. The van der Waals surface area contributed by atoms with Crippen LogP contribution in [0.1, 0.15) is 30.0 Å². The van der Waals surface area contributed by atoms with Gasteiger partial charge in [-0.3, -0.25) is 9.59 Å². The lowest BCUT2D eigenvalue weighted by atomic mass is 9.95. The van der Waals surface area contributed by atoms with Crippen LogP contribution < -0.4 is 4.90 Å². The third kappa shape index (κ3) is 4.05. The Kier molecular flexibility index (Phi) is 5.78. The molecule has 4 rings (SSSR count). The summed E-state index contributed by atoms with van der Waals surface area (Å²) in [6.07, 6.45) is 1.58. The predicted octanol–water partition coefficient (Wildman–Crippen LogP) is 3.49. The maximum atomic E-state index is 13.4. The van der Waals surface area contributed by atoms with Crippen molar-refractivity contribution in [1.82, 2.24) is 4.90 Å². The van der Waals surface area contributed by atoms with Gasteiger partial charge in [0.25, 0.3) is 11.7 Å². The molecular formula is C24H25FN2O4. The molecule has 162 valence electrons. The first-order valence-electron chi connectivity index (χ1n) is 10.3. The number of Topliss-reactive ketones (excluding diaryl/α,β-unsaturated/α-hetero) is 1. The number of nitrogens with zero attached hydrogens (tertiary/aromatic N) is 2. The molecule has 2 fully saturated rings. The quantitative estimate of drug-likeness (QED) is 0.452. The van der Waals surface area contributed by atoms with E-state index >= 15 is 0 Å². The lowest BCUT2D eigenvalue weighted by molar-refractivity contribution is -0.140. The first-order chi connectivity index (χ1) is 14.9. The van der Waals surface area contributed by atoms with Crippen molar-refractivity contribution >= 4 is 23.1 Å². The van der Waals surface area contributed by atoms with E-state index in [1.807, 2.05) is 43.3 Å². The van der Waals surface area contributed by atoms with Gasteiger partial charge >= 0.3 is 0 Å². The van der Waals surface area contributed by atoms with Crippen molar-refractivity contribution in [3.05, 3.63) is 71.0 Å². The van der Waals surface area contributed by atoms with Crippen LogP contribution in [0.2, 0.25) is 0 Å². The number of benzene rings is 2. The van der Waals surface area contributed by atoms with E-state index in [1.54, 1.807) is 0 Å². The summed E-state index contributed by atoms with van der Waals surface area (Å²) in [7, 11) is 3.85. The number of ether oxygens (including phenoxy) is 1. The van der Waals surface area contributed by atoms with Gasteiger partial charge in [0, 0.05) is 38.5 Å². The van der Waals surface area contributed by atoms with Crippen molar-refractivity contribution in [2.45, 2.75) is 25.0 Å². The second kappa shape index (κ2) is 8.51. The number of aliphatic hydroxyl groups excluding tert-OH is 1. The zero-order valence-electron chi connectivity index (χ0n) is 17.5. The second-order valence-electron chi connectivity index (χ2n) is 8.08. The van der Waals surface area contributed by atoms with Gasteiger partial charge in [0.1, 0.15) is 11.6 Å². The van der Waals surface area contributed by atoms with Gasteiger partial charge in [0.05, 0.1) is 17.7 Å². The molecule has 1 amide bonds. The van der Waals surface area contributed by atoms with Crippen LogP contribution in [0.15, 0.2) is 54.1 Å². The molecule has 0 bridgehead atoms. The maximum Gasteiger partial charge on any atom is 0.295 e. The number of amides is 1. The predicted molar refractivity (Wildman–Crippen MR) is 115 cm³/mol. The van der Waals surface area contributed by atoms with E-state index in [2.05, 4.69) is 0 Å². The van der Waals surface area contributed by atoms with E-state index < -0.39 is 23.5 Å². The standard InChI is InChI=1S/C24H25FN2O4/c1-26(2)18-11-7-15(8-12-18)21-20(22(28)16-5-9-17(25)10-6-16)23(29)24(30)27(21)14-19-4-3-13-31-19/h5-12,19,21,28H,3-4,13-14H2,1-2H3/b22-20-. The van der Waals surface area contributed by atoms with Crippen molar-refractivity contribution in [2.75, 3.05) is 32.1 Å². The highest BCUT2D eigenvalue weighted by Gasteiger charge is 2.47. The molecule has 2 unspecified atom stereocenters. The summed E-state index contributed by atoms with van der Waals surface area (Å²) < 4.78 is 19.0. The van der Waals surface area contributed by atoms with Crippen LogP contribution in [-0.4, -0.2) is 55.0 Å². The summed E-state index contributed by atoms with van der Waals surface area (Å²) in [5, 5.41) is 11.0. The summed E-state index contributed by atoms with van der Waals surface area (Å²) in [4.78, 5) is 29.4. The fourth-order valence-electron chi connectivity index (χ4n) is 4.14. The SMILES string of the molecule is CN(C)c1ccc(C2/C(=C(/O)c3ccc(F)cc3)C(=O)C(=O)N2CC2CCCO2)cc1. The van der Waals surface area contributed by atoms with E-state index in [1.165, 1.54) is 29.2 Å². The van der Waals surface area contributed by atoms with Gasteiger partial charge < -0.3 is 19.6 Å². The summed E-state index contributed by atoms with van der Waals surface area (Å²) in [6, 6.07) is 12.0. The molecule has 2 saturated heterocycles. The Hall–Kier alpha value is -3.19. The number of likely N-dealkylation sites (tertiary alicyclic amines) is 1. The number of hydrogen-bond acceptors (Lipinski definition) is 5. The number of rotatable bonds is 5. The molecule has 2 aromatic carbocycles. The van der Waals surface area contributed by atoms with Crippen molar-refractivity contribution < 1.29 is 23.8 Å². The summed E-state index contributed by atoms with van der Waals surface area (Å²) in [6.45, 7) is 0.900. The van der Waals surface area contributed by atoms with Crippen LogP contribution in [0.5, 0.6) is 0 Å². The van der Waals surface area contributed by atoms with Crippen LogP contribution in [0.25, 0.3) is 5.76 Å². The first kappa shape index (κ1) is 21.1. The first-order valence-corrected chi connectivity index (χ1v) is 10.3. The average molecular weight is 424 g/mol. The topological polar surface area (TPSA) is 70.1 Å². The minimum absolute atomic E-state index is 0.00667. The molecule has 31 heavy (non-hydrogen) atoms. The normalized spacial score (nSPS) is 22.9. The van der Waals surface area contributed by atoms with E-state index in [0.717, 1.165) is 18.5 Å². The summed E-state index contributed by atoms with van der Waals surface area (Å²) in [5.41, 5.74) is 1.98. The Labute approximate surface area is 180 Å². The number of carbonyl (C=O) groups excluding carboxylic acids is 2. The third-order valence-corrected chi connectivity index (χ3v) is 5.81. The molecule has 0 aliphatic carbocycles. The lowest BCUT2D eigenvalue weighted by Crippen LogP contribution is -2.36. The second-order valence-corrected chi connectivity index (χ2v) is 8.08. The van der Waals surface area contributed by atoms with Crippen LogP contribution in [-0.2, 0) is 14.3 Å². The Morgan fingerprint density at radius 1 is 1.13 bits per heavy atom. The minimum Gasteiger partial charge on any atom is -0.507 e. The van der Waals surface area contributed by atoms with Gasteiger partial charge in [-0.15, -0.1) is 0 Å². The van der Waals surface area contributed by atoms with E-state index in [9.17, 15) is 19.1 Å². The van der Waals surface area contributed by atoms with Gasteiger partial charge in [-0.1, -0.05) is 12.1 Å². The van der Waals surface area contributed by atoms with E-state index in [0.29, 0.717) is 12.2 Å². The van der Waals surface area contributed by atoms with Crippen molar-refractivity contribution in [3.8, 4) is 0 Å². The van der Waals surface area contributed by atoms with Crippen molar-refractivity contribution in [1.29, 1.82) is 0 Å². The molecular weight excluding hydrogens is 399 g/mol. The van der Waals surface area contributed by atoms with Gasteiger partial charge in [-0.05, 0) is 54.8 Å². The van der Waals surface area contributed by atoms with E-state index in [-0.39, 0.29) is 29.5 Å².